The van der Waals surface area contributed by atoms with Gasteiger partial charge in [-0.05, 0) is 34.5 Å². The van der Waals surface area contributed by atoms with Gasteiger partial charge in [-0.3, -0.25) is 0 Å². The lowest BCUT2D eigenvalue weighted by Crippen LogP contribution is -2.16. The third-order valence-corrected chi connectivity index (χ3v) is 4.20. The molecule has 0 saturated carbocycles. The molecule has 0 aliphatic carbocycles. The second-order valence-electron chi connectivity index (χ2n) is 5.71. The summed E-state index contributed by atoms with van der Waals surface area (Å²) in [6, 6.07) is 4.94. The molecule has 0 aliphatic rings. The quantitative estimate of drug-likeness (QED) is 0.647. The first-order chi connectivity index (χ1) is 9.20. The second-order valence-corrected chi connectivity index (χ2v) is 6.87. The summed E-state index contributed by atoms with van der Waals surface area (Å²) in [5.74, 6) is 0.157. The molecule has 1 aromatic carbocycles. The highest BCUT2D eigenvalue weighted by Gasteiger charge is 2.23. The Kier molecular flexibility index (Phi) is 4.17. The fourth-order valence-electron chi connectivity index (χ4n) is 1.78. The predicted molar refractivity (Wildman–Crippen MR) is 83.6 cm³/mol. The molecule has 2 aromatic rings. The minimum atomic E-state index is -0.276. The highest BCUT2D eigenvalue weighted by molar-refractivity contribution is 9.10. The Morgan fingerprint density at radius 3 is 2.40 bits per heavy atom. The summed E-state index contributed by atoms with van der Waals surface area (Å²) < 4.78 is 14.4. The summed E-state index contributed by atoms with van der Waals surface area (Å²) in [6.07, 6.45) is 0. The predicted octanol–water partition coefficient (Wildman–Crippen LogP) is 5.30. The van der Waals surface area contributed by atoms with Gasteiger partial charge in [0.25, 0.3) is 0 Å². The molecule has 0 atom stereocenters. The number of aromatic nitrogens is 2. The summed E-state index contributed by atoms with van der Waals surface area (Å²) in [5.41, 5.74) is 1.82. The van der Waals surface area contributed by atoms with Gasteiger partial charge in [-0.15, -0.1) is 0 Å². The van der Waals surface area contributed by atoms with Crippen molar-refractivity contribution in [3.8, 4) is 11.4 Å². The van der Waals surface area contributed by atoms with Gasteiger partial charge in [-0.1, -0.05) is 44.5 Å². The molecule has 0 aliphatic heterocycles. The SMILES string of the molecule is Cc1ccc(-c2nc(Cl)c(Br)c(C(C)(C)C)n2)cc1F. The molecule has 0 fully saturated rings. The van der Waals surface area contributed by atoms with E-state index in [0.717, 1.165) is 5.69 Å². The lowest BCUT2D eigenvalue weighted by molar-refractivity contribution is 0.564. The first-order valence-electron chi connectivity index (χ1n) is 6.20. The molecular formula is C15H15BrClFN2. The summed E-state index contributed by atoms with van der Waals surface area (Å²) in [4.78, 5) is 8.76. The fourth-order valence-corrected chi connectivity index (χ4v) is 2.72. The van der Waals surface area contributed by atoms with E-state index >= 15 is 0 Å². The van der Waals surface area contributed by atoms with Crippen molar-refractivity contribution in [3.63, 3.8) is 0 Å². The second kappa shape index (κ2) is 5.41. The van der Waals surface area contributed by atoms with E-state index in [9.17, 15) is 4.39 Å². The van der Waals surface area contributed by atoms with Gasteiger partial charge in [0.1, 0.15) is 11.0 Å². The van der Waals surface area contributed by atoms with E-state index in [1.165, 1.54) is 6.07 Å². The molecule has 20 heavy (non-hydrogen) atoms. The van der Waals surface area contributed by atoms with Crippen molar-refractivity contribution >= 4 is 27.5 Å². The number of benzene rings is 1. The highest BCUT2D eigenvalue weighted by atomic mass is 79.9. The summed E-state index contributed by atoms with van der Waals surface area (Å²) in [6.45, 7) is 7.83. The lowest BCUT2D eigenvalue weighted by atomic mass is 9.92. The normalized spacial score (nSPS) is 11.8. The third kappa shape index (κ3) is 3.01. The summed E-state index contributed by atoms with van der Waals surface area (Å²) in [7, 11) is 0. The van der Waals surface area contributed by atoms with Gasteiger partial charge in [-0.2, -0.15) is 0 Å². The van der Waals surface area contributed by atoms with E-state index in [0.29, 0.717) is 26.6 Å². The van der Waals surface area contributed by atoms with E-state index in [1.807, 2.05) is 20.8 Å². The van der Waals surface area contributed by atoms with Crippen molar-refractivity contribution in [2.45, 2.75) is 33.1 Å². The number of rotatable bonds is 1. The Labute approximate surface area is 131 Å². The van der Waals surface area contributed by atoms with Gasteiger partial charge in [0.05, 0.1) is 10.2 Å². The zero-order chi connectivity index (χ0) is 15.1. The molecule has 0 amide bonds. The van der Waals surface area contributed by atoms with Crippen molar-refractivity contribution < 1.29 is 4.39 Å². The van der Waals surface area contributed by atoms with Crippen LogP contribution in [0.25, 0.3) is 11.4 Å². The van der Waals surface area contributed by atoms with E-state index in [2.05, 4.69) is 25.9 Å². The van der Waals surface area contributed by atoms with Crippen LogP contribution < -0.4 is 0 Å². The molecule has 0 N–H and O–H groups in total. The topological polar surface area (TPSA) is 25.8 Å². The van der Waals surface area contributed by atoms with Crippen molar-refractivity contribution in [3.05, 3.63) is 44.9 Å². The average Bonchev–Trinajstić information content (AvgIpc) is 2.34. The van der Waals surface area contributed by atoms with Gasteiger partial charge in [-0.25, -0.2) is 14.4 Å². The number of aryl methyl sites for hydroxylation is 1. The van der Waals surface area contributed by atoms with Crippen molar-refractivity contribution in [2.75, 3.05) is 0 Å². The van der Waals surface area contributed by atoms with E-state index in [1.54, 1.807) is 19.1 Å². The zero-order valence-corrected chi connectivity index (χ0v) is 14.1. The van der Waals surface area contributed by atoms with Crippen LogP contribution in [0.2, 0.25) is 5.15 Å². The Bertz CT molecular complexity index is 666. The lowest BCUT2D eigenvalue weighted by Gasteiger charge is -2.20. The molecule has 1 heterocycles. The van der Waals surface area contributed by atoms with Gasteiger partial charge in [0, 0.05) is 11.0 Å². The minimum absolute atomic E-state index is 0.191. The van der Waals surface area contributed by atoms with Crippen LogP contribution in [0.1, 0.15) is 32.0 Å². The van der Waals surface area contributed by atoms with Crippen molar-refractivity contribution in [2.24, 2.45) is 0 Å². The molecule has 0 saturated heterocycles. The maximum Gasteiger partial charge on any atom is 0.161 e. The maximum atomic E-state index is 13.7. The molecule has 0 spiro atoms. The Balaban J connectivity index is 2.63. The largest absolute Gasteiger partial charge is 0.231 e. The van der Waals surface area contributed by atoms with Gasteiger partial charge in [0.15, 0.2) is 5.82 Å². The highest BCUT2D eigenvalue weighted by Crippen LogP contribution is 2.34. The van der Waals surface area contributed by atoms with Crippen LogP contribution in [0.15, 0.2) is 22.7 Å². The van der Waals surface area contributed by atoms with Crippen molar-refractivity contribution in [1.29, 1.82) is 0 Å². The van der Waals surface area contributed by atoms with Crippen LogP contribution in [0, 0.1) is 12.7 Å². The Morgan fingerprint density at radius 2 is 1.85 bits per heavy atom. The summed E-state index contributed by atoms with van der Waals surface area (Å²) in [5, 5.41) is 0.334. The van der Waals surface area contributed by atoms with Gasteiger partial charge in [0.2, 0.25) is 0 Å². The molecule has 5 heteroatoms. The average molecular weight is 358 g/mol. The molecule has 0 radical (unpaired) electrons. The monoisotopic (exact) mass is 356 g/mol. The van der Waals surface area contributed by atoms with Crippen LogP contribution in [0.5, 0.6) is 0 Å². The molecule has 106 valence electrons. The number of halogens is 3. The molecular weight excluding hydrogens is 343 g/mol. The maximum absolute atomic E-state index is 13.7. The van der Waals surface area contributed by atoms with Crippen LogP contribution in [0.3, 0.4) is 0 Å². The Hall–Kier alpha value is -1.00. The van der Waals surface area contributed by atoms with Crippen molar-refractivity contribution in [1.82, 2.24) is 9.97 Å². The number of nitrogens with zero attached hydrogens (tertiary/aromatic N) is 2. The number of hydrogen-bond donors (Lipinski definition) is 0. The van der Waals surface area contributed by atoms with Crippen LogP contribution in [-0.4, -0.2) is 9.97 Å². The zero-order valence-electron chi connectivity index (χ0n) is 11.8. The van der Waals surface area contributed by atoms with E-state index in [4.69, 9.17) is 11.6 Å². The molecule has 0 bridgehead atoms. The van der Waals surface area contributed by atoms with E-state index < -0.39 is 0 Å². The molecule has 1 aromatic heterocycles. The standard InChI is InChI=1S/C15H15BrClFN2/c1-8-5-6-9(7-10(8)18)14-19-12(15(2,3)4)11(16)13(17)20-14/h5-7H,1-4H3. The minimum Gasteiger partial charge on any atom is -0.231 e. The van der Waals surface area contributed by atoms with Gasteiger partial charge < -0.3 is 0 Å². The number of hydrogen-bond acceptors (Lipinski definition) is 2. The third-order valence-electron chi connectivity index (χ3n) is 2.95. The molecule has 2 nitrogen and oxygen atoms in total. The molecule has 0 unspecified atom stereocenters. The summed E-state index contributed by atoms with van der Waals surface area (Å²) >= 11 is 9.57. The first kappa shape index (κ1) is 15.4. The van der Waals surface area contributed by atoms with Gasteiger partial charge >= 0.3 is 0 Å². The smallest absolute Gasteiger partial charge is 0.161 e. The first-order valence-corrected chi connectivity index (χ1v) is 7.37. The van der Waals surface area contributed by atoms with Crippen LogP contribution >= 0.6 is 27.5 Å². The van der Waals surface area contributed by atoms with E-state index in [-0.39, 0.29) is 11.2 Å². The fraction of sp³-hybridized carbons (Fsp3) is 0.333. The van der Waals surface area contributed by atoms with Crippen LogP contribution in [-0.2, 0) is 5.41 Å². The Morgan fingerprint density at radius 1 is 1.20 bits per heavy atom. The molecule has 2 rings (SSSR count). The van der Waals surface area contributed by atoms with Crippen LogP contribution in [0.4, 0.5) is 4.39 Å².